The minimum atomic E-state index is -0.551. The molecule has 3 rings (SSSR count). The Kier molecular flexibility index (Phi) is 5.57. The van der Waals surface area contributed by atoms with Crippen LogP contribution in [0.2, 0.25) is 0 Å². The largest absolute Gasteiger partial charge is 0.423 e. The Hall–Kier alpha value is -3.53. The second-order valence-electron chi connectivity index (χ2n) is 5.98. The molecule has 0 aliphatic heterocycles. The van der Waals surface area contributed by atoms with Crippen LogP contribution >= 0.6 is 0 Å². The first-order chi connectivity index (χ1) is 13.0. The lowest BCUT2D eigenvalue weighted by molar-refractivity contribution is -0.128. The van der Waals surface area contributed by atoms with E-state index in [1.807, 2.05) is 18.2 Å². The SMILES string of the molecule is Cc1cc(C(=O)c2ccccc2)ccc1OC(=O)/C=C/c1ccc(F)cc1. The molecule has 27 heavy (non-hydrogen) atoms. The van der Waals surface area contributed by atoms with Gasteiger partial charge >= 0.3 is 5.97 Å². The molecule has 0 aliphatic rings. The normalized spacial score (nSPS) is 10.7. The Labute approximate surface area is 156 Å². The summed E-state index contributed by atoms with van der Waals surface area (Å²) in [6, 6.07) is 19.7. The number of rotatable bonds is 5. The van der Waals surface area contributed by atoms with Gasteiger partial charge in [-0.1, -0.05) is 42.5 Å². The summed E-state index contributed by atoms with van der Waals surface area (Å²) in [4.78, 5) is 24.5. The van der Waals surface area contributed by atoms with Crippen molar-refractivity contribution >= 4 is 17.8 Å². The van der Waals surface area contributed by atoms with E-state index >= 15 is 0 Å². The molecule has 0 N–H and O–H groups in total. The highest BCUT2D eigenvalue weighted by atomic mass is 19.1. The van der Waals surface area contributed by atoms with E-state index in [4.69, 9.17) is 4.74 Å². The molecule has 0 unspecified atom stereocenters. The van der Waals surface area contributed by atoms with E-state index in [1.54, 1.807) is 55.5 Å². The molecule has 134 valence electrons. The number of carbonyl (C=O) groups excluding carboxylic acids is 2. The van der Waals surface area contributed by atoms with E-state index in [2.05, 4.69) is 0 Å². The van der Waals surface area contributed by atoms with E-state index in [0.29, 0.717) is 28.0 Å². The van der Waals surface area contributed by atoms with Crippen LogP contribution in [0.3, 0.4) is 0 Å². The Balaban J connectivity index is 1.69. The Morgan fingerprint density at radius 1 is 0.889 bits per heavy atom. The molecule has 0 atom stereocenters. The number of carbonyl (C=O) groups is 2. The van der Waals surface area contributed by atoms with Gasteiger partial charge in [0.15, 0.2) is 5.78 Å². The summed E-state index contributed by atoms with van der Waals surface area (Å²) in [6.07, 6.45) is 2.82. The molecule has 0 amide bonds. The molecule has 4 heteroatoms. The molecule has 0 aliphatic carbocycles. The predicted octanol–water partition coefficient (Wildman–Crippen LogP) is 4.98. The fourth-order valence-corrected chi connectivity index (χ4v) is 2.54. The Bertz CT molecular complexity index is 990. The third-order valence-corrected chi connectivity index (χ3v) is 3.97. The highest BCUT2D eigenvalue weighted by Gasteiger charge is 2.11. The van der Waals surface area contributed by atoms with Crippen LogP contribution in [-0.2, 0) is 4.79 Å². The molecular formula is C23H17FO3. The fraction of sp³-hybridized carbons (Fsp3) is 0.0435. The van der Waals surface area contributed by atoms with Gasteiger partial charge in [-0.05, 0) is 54.5 Å². The first-order valence-electron chi connectivity index (χ1n) is 8.39. The summed E-state index contributed by atoms with van der Waals surface area (Å²) < 4.78 is 18.2. The topological polar surface area (TPSA) is 43.4 Å². The highest BCUT2D eigenvalue weighted by Crippen LogP contribution is 2.21. The molecule has 3 aromatic rings. The van der Waals surface area contributed by atoms with Crippen molar-refractivity contribution in [3.8, 4) is 5.75 Å². The van der Waals surface area contributed by atoms with Crippen molar-refractivity contribution in [1.29, 1.82) is 0 Å². The van der Waals surface area contributed by atoms with Crippen LogP contribution in [0.4, 0.5) is 4.39 Å². The zero-order chi connectivity index (χ0) is 19.2. The molecule has 0 radical (unpaired) electrons. The Morgan fingerprint density at radius 2 is 1.59 bits per heavy atom. The van der Waals surface area contributed by atoms with Gasteiger partial charge in [0.1, 0.15) is 11.6 Å². The summed E-state index contributed by atoms with van der Waals surface area (Å²) in [5.41, 5.74) is 2.50. The lowest BCUT2D eigenvalue weighted by Gasteiger charge is -2.08. The number of halogens is 1. The summed E-state index contributed by atoms with van der Waals surface area (Å²) in [6.45, 7) is 1.77. The van der Waals surface area contributed by atoms with Crippen LogP contribution < -0.4 is 4.74 Å². The molecule has 3 nitrogen and oxygen atoms in total. The number of ketones is 1. The van der Waals surface area contributed by atoms with Crippen LogP contribution in [0, 0.1) is 12.7 Å². The van der Waals surface area contributed by atoms with Crippen LogP contribution in [0.25, 0.3) is 6.08 Å². The minimum Gasteiger partial charge on any atom is -0.423 e. The van der Waals surface area contributed by atoms with Crippen molar-refractivity contribution in [3.63, 3.8) is 0 Å². The summed E-state index contributed by atoms with van der Waals surface area (Å²) in [5, 5.41) is 0. The molecule has 0 fully saturated rings. The molecular weight excluding hydrogens is 343 g/mol. The van der Waals surface area contributed by atoms with E-state index in [0.717, 1.165) is 0 Å². The average molecular weight is 360 g/mol. The molecule has 0 saturated carbocycles. The smallest absolute Gasteiger partial charge is 0.336 e. The molecule has 0 aromatic heterocycles. The minimum absolute atomic E-state index is 0.0900. The van der Waals surface area contributed by atoms with Crippen LogP contribution in [0.5, 0.6) is 5.75 Å². The van der Waals surface area contributed by atoms with Crippen molar-refractivity contribution in [3.05, 3.63) is 107 Å². The summed E-state index contributed by atoms with van der Waals surface area (Å²) in [5.74, 6) is -0.596. The van der Waals surface area contributed by atoms with Crippen molar-refractivity contribution in [2.75, 3.05) is 0 Å². The van der Waals surface area contributed by atoms with E-state index in [1.165, 1.54) is 18.2 Å². The van der Waals surface area contributed by atoms with Crippen molar-refractivity contribution in [1.82, 2.24) is 0 Å². The van der Waals surface area contributed by atoms with Gasteiger partial charge in [0, 0.05) is 17.2 Å². The number of ether oxygens (including phenoxy) is 1. The van der Waals surface area contributed by atoms with Crippen molar-refractivity contribution < 1.29 is 18.7 Å². The third kappa shape index (κ3) is 4.76. The standard InChI is InChI=1S/C23H17FO3/c1-16-15-19(23(26)18-5-3-2-4-6-18)10-13-21(16)27-22(25)14-9-17-7-11-20(24)12-8-17/h2-15H,1H3/b14-9+. The van der Waals surface area contributed by atoms with Gasteiger partial charge in [-0.15, -0.1) is 0 Å². The predicted molar refractivity (Wildman–Crippen MR) is 102 cm³/mol. The molecule has 0 saturated heterocycles. The number of aryl methyl sites for hydroxylation is 1. The van der Waals surface area contributed by atoms with Gasteiger partial charge in [-0.3, -0.25) is 4.79 Å². The zero-order valence-corrected chi connectivity index (χ0v) is 14.7. The monoisotopic (exact) mass is 360 g/mol. The summed E-state index contributed by atoms with van der Waals surface area (Å²) in [7, 11) is 0. The first kappa shape index (κ1) is 18.3. The van der Waals surface area contributed by atoms with Gasteiger partial charge in [-0.2, -0.15) is 0 Å². The Morgan fingerprint density at radius 3 is 2.26 bits per heavy atom. The van der Waals surface area contributed by atoms with E-state index < -0.39 is 5.97 Å². The van der Waals surface area contributed by atoms with Gasteiger partial charge in [0.2, 0.25) is 0 Å². The fourth-order valence-electron chi connectivity index (χ4n) is 2.54. The molecule has 0 heterocycles. The second-order valence-corrected chi connectivity index (χ2v) is 5.98. The van der Waals surface area contributed by atoms with E-state index in [9.17, 15) is 14.0 Å². The molecule has 0 spiro atoms. The second kappa shape index (κ2) is 8.23. The average Bonchev–Trinajstić information content (AvgIpc) is 2.69. The lowest BCUT2D eigenvalue weighted by Crippen LogP contribution is -2.06. The van der Waals surface area contributed by atoms with Crippen molar-refractivity contribution in [2.45, 2.75) is 6.92 Å². The maximum absolute atomic E-state index is 12.9. The first-order valence-corrected chi connectivity index (χ1v) is 8.39. The van der Waals surface area contributed by atoms with Crippen LogP contribution in [0.15, 0.2) is 78.9 Å². The van der Waals surface area contributed by atoms with Crippen LogP contribution in [-0.4, -0.2) is 11.8 Å². The van der Waals surface area contributed by atoms with E-state index in [-0.39, 0.29) is 11.6 Å². The van der Waals surface area contributed by atoms with Crippen molar-refractivity contribution in [2.24, 2.45) is 0 Å². The number of hydrogen-bond donors (Lipinski definition) is 0. The van der Waals surface area contributed by atoms with Gasteiger partial charge in [0.05, 0.1) is 0 Å². The number of esters is 1. The van der Waals surface area contributed by atoms with Gasteiger partial charge in [-0.25, -0.2) is 9.18 Å². The highest BCUT2D eigenvalue weighted by molar-refractivity contribution is 6.09. The number of hydrogen-bond acceptors (Lipinski definition) is 3. The zero-order valence-electron chi connectivity index (χ0n) is 14.7. The molecule has 0 bridgehead atoms. The van der Waals surface area contributed by atoms with Gasteiger partial charge < -0.3 is 4.74 Å². The quantitative estimate of drug-likeness (QED) is 0.279. The van der Waals surface area contributed by atoms with Crippen LogP contribution in [0.1, 0.15) is 27.0 Å². The number of benzene rings is 3. The molecule has 3 aromatic carbocycles. The summed E-state index contributed by atoms with van der Waals surface area (Å²) >= 11 is 0. The van der Waals surface area contributed by atoms with Gasteiger partial charge in [0.25, 0.3) is 0 Å². The third-order valence-electron chi connectivity index (χ3n) is 3.97. The maximum atomic E-state index is 12.9. The maximum Gasteiger partial charge on any atom is 0.336 e. The lowest BCUT2D eigenvalue weighted by atomic mass is 10.0.